The molecule has 1 aromatic heterocycles. The highest BCUT2D eigenvalue weighted by molar-refractivity contribution is 6.31. The standard InChI is InChI=1S/C29H35ClN4O4/c1-7-29(5,6)32-28(37)27(22-10-8-9-11-23(22)30)34(21-15-18(2)14-19(3)16-21)26(36)13-12-25(35)31-24-17-20(4)38-33-24/h8-11,14-17,27H,7,12-13H2,1-6H3,(H,32,37)(H,31,33,35)/t27-/m0/s1. The molecule has 3 aromatic rings. The number of carbonyl (C=O) groups excluding carboxylic acids is 3. The summed E-state index contributed by atoms with van der Waals surface area (Å²) in [6.07, 6.45) is 0.442. The molecule has 1 atom stereocenters. The van der Waals surface area contributed by atoms with Gasteiger partial charge in [-0.2, -0.15) is 0 Å². The van der Waals surface area contributed by atoms with Gasteiger partial charge in [-0.25, -0.2) is 0 Å². The minimum Gasteiger partial charge on any atom is -0.360 e. The number of halogens is 1. The number of carbonyl (C=O) groups is 3. The van der Waals surface area contributed by atoms with Crippen molar-refractivity contribution in [3.63, 3.8) is 0 Å². The van der Waals surface area contributed by atoms with E-state index in [4.69, 9.17) is 16.1 Å². The number of hydrogen-bond donors (Lipinski definition) is 2. The number of rotatable bonds is 10. The second kappa shape index (κ2) is 12.3. The molecular weight excluding hydrogens is 504 g/mol. The Morgan fingerprint density at radius 1 is 1.03 bits per heavy atom. The maximum Gasteiger partial charge on any atom is 0.248 e. The molecular formula is C29H35ClN4O4. The van der Waals surface area contributed by atoms with Crippen LogP contribution in [0.3, 0.4) is 0 Å². The van der Waals surface area contributed by atoms with Crippen LogP contribution in [-0.2, 0) is 14.4 Å². The van der Waals surface area contributed by atoms with Crippen LogP contribution in [-0.4, -0.2) is 28.4 Å². The molecule has 0 radical (unpaired) electrons. The van der Waals surface area contributed by atoms with Gasteiger partial charge in [-0.15, -0.1) is 0 Å². The zero-order valence-electron chi connectivity index (χ0n) is 22.7. The van der Waals surface area contributed by atoms with Crippen molar-refractivity contribution < 1.29 is 18.9 Å². The highest BCUT2D eigenvalue weighted by atomic mass is 35.5. The Morgan fingerprint density at radius 3 is 2.26 bits per heavy atom. The topological polar surface area (TPSA) is 105 Å². The third-order valence-corrected chi connectivity index (χ3v) is 6.61. The maximum absolute atomic E-state index is 13.9. The molecule has 38 heavy (non-hydrogen) atoms. The summed E-state index contributed by atoms with van der Waals surface area (Å²) in [7, 11) is 0. The zero-order chi connectivity index (χ0) is 28.0. The van der Waals surface area contributed by atoms with Gasteiger partial charge in [-0.3, -0.25) is 19.3 Å². The van der Waals surface area contributed by atoms with Crippen molar-refractivity contribution in [1.82, 2.24) is 10.5 Å². The predicted octanol–water partition coefficient (Wildman–Crippen LogP) is 6.05. The molecule has 0 aliphatic rings. The van der Waals surface area contributed by atoms with Gasteiger partial charge >= 0.3 is 0 Å². The van der Waals surface area contributed by atoms with E-state index in [1.807, 2.05) is 52.8 Å². The molecule has 0 aliphatic heterocycles. The molecule has 9 heteroatoms. The van der Waals surface area contributed by atoms with Crippen LogP contribution < -0.4 is 15.5 Å². The Labute approximate surface area is 228 Å². The molecule has 0 unspecified atom stereocenters. The summed E-state index contributed by atoms with van der Waals surface area (Å²) in [5.41, 5.74) is 2.40. The number of amides is 3. The molecule has 0 fully saturated rings. The number of aryl methyl sites for hydroxylation is 3. The summed E-state index contributed by atoms with van der Waals surface area (Å²) in [4.78, 5) is 41.8. The van der Waals surface area contributed by atoms with E-state index in [-0.39, 0.29) is 24.6 Å². The molecule has 0 bridgehead atoms. The number of hydrogen-bond acceptors (Lipinski definition) is 5. The molecule has 0 saturated carbocycles. The Hall–Kier alpha value is -3.65. The van der Waals surface area contributed by atoms with Gasteiger partial charge in [0.15, 0.2) is 5.82 Å². The number of aromatic nitrogens is 1. The van der Waals surface area contributed by atoms with Crippen molar-refractivity contribution >= 4 is 40.8 Å². The van der Waals surface area contributed by atoms with Crippen LogP contribution in [0.2, 0.25) is 5.02 Å². The van der Waals surface area contributed by atoms with Crippen LogP contribution in [0.5, 0.6) is 0 Å². The molecule has 0 saturated heterocycles. The molecule has 0 aliphatic carbocycles. The molecule has 1 heterocycles. The van der Waals surface area contributed by atoms with Gasteiger partial charge in [0, 0.05) is 40.7 Å². The van der Waals surface area contributed by atoms with E-state index in [1.165, 1.54) is 4.90 Å². The van der Waals surface area contributed by atoms with Crippen LogP contribution >= 0.6 is 11.6 Å². The predicted molar refractivity (Wildman–Crippen MR) is 149 cm³/mol. The van der Waals surface area contributed by atoms with Gasteiger partial charge < -0.3 is 15.2 Å². The number of nitrogens with zero attached hydrogens (tertiary/aromatic N) is 2. The minimum atomic E-state index is -1.05. The fourth-order valence-electron chi connectivity index (χ4n) is 4.08. The van der Waals surface area contributed by atoms with E-state index < -0.39 is 23.4 Å². The van der Waals surface area contributed by atoms with Gasteiger partial charge in [-0.05, 0) is 70.4 Å². The number of nitrogens with one attached hydrogen (secondary N) is 2. The van der Waals surface area contributed by atoms with Gasteiger partial charge in [0.05, 0.1) is 0 Å². The molecule has 0 spiro atoms. The van der Waals surface area contributed by atoms with Crippen molar-refractivity contribution in [2.45, 2.75) is 72.4 Å². The lowest BCUT2D eigenvalue weighted by Crippen LogP contribution is -2.50. The summed E-state index contributed by atoms with van der Waals surface area (Å²) in [5, 5.41) is 9.83. The second-order valence-corrected chi connectivity index (χ2v) is 10.5. The average Bonchev–Trinajstić information content (AvgIpc) is 3.24. The van der Waals surface area contributed by atoms with Crippen molar-refractivity contribution in [1.29, 1.82) is 0 Å². The van der Waals surface area contributed by atoms with Gasteiger partial charge in [0.1, 0.15) is 11.8 Å². The van der Waals surface area contributed by atoms with Gasteiger partial charge in [0.2, 0.25) is 17.7 Å². The monoisotopic (exact) mass is 538 g/mol. The first kappa shape index (κ1) is 28.9. The van der Waals surface area contributed by atoms with Crippen LogP contribution in [0.4, 0.5) is 11.5 Å². The lowest BCUT2D eigenvalue weighted by Gasteiger charge is -2.35. The largest absolute Gasteiger partial charge is 0.360 e. The third-order valence-electron chi connectivity index (χ3n) is 6.27. The number of benzene rings is 2. The molecule has 2 N–H and O–H groups in total. The Bertz CT molecular complexity index is 1300. The molecule has 2 aromatic carbocycles. The maximum atomic E-state index is 13.9. The molecule has 8 nitrogen and oxygen atoms in total. The highest BCUT2D eigenvalue weighted by Gasteiger charge is 2.36. The molecule has 3 amide bonds. The SMILES string of the molecule is CCC(C)(C)NC(=O)[C@H](c1ccccc1Cl)N(C(=O)CCC(=O)Nc1cc(C)on1)c1cc(C)cc(C)c1. The Morgan fingerprint density at radius 2 is 1.68 bits per heavy atom. The van der Waals surface area contributed by atoms with E-state index >= 15 is 0 Å². The lowest BCUT2D eigenvalue weighted by atomic mass is 9.97. The zero-order valence-corrected chi connectivity index (χ0v) is 23.5. The molecule has 3 rings (SSSR count). The average molecular weight is 539 g/mol. The summed E-state index contributed by atoms with van der Waals surface area (Å²) >= 11 is 6.59. The first-order valence-electron chi connectivity index (χ1n) is 12.6. The summed E-state index contributed by atoms with van der Waals surface area (Å²) in [6.45, 7) is 11.4. The van der Waals surface area contributed by atoms with Crippen molar-refractivity contribution in [2.24, 2.45) is 0 Å². The smallest absolute Gasteiger partial charge is 0.248 e. The van der Waals surface area contributed by atoms with E-state index in [9.17, 15) is 14.4 Å². The Balaban J connectivity index is 2.02. The lowest BCUT2D eigenvalue weighted by molar-refractivity contribution is -0.128. The molecule has 202 valence electrons. The number of anilines is 2. The second-order valence-electron chi connectivity index (χ2n) is 10.1. The summed E-state index contributed by atoms with van der Waals surface area (Å²) < 4.78 is 4.98. The van der Waals surface area contributed by atoms with Crippen LogP contribution in [0, 0.1) is 20.8 Å². The first-order chi connectivity index (χ1) is 17.9. The fourth-order valence-corrected chi connectivity index (χ4v) is 4.32. The van der Waals surface area contributed by atoms with Crippen molar-refractivity contribution in [3.05, 3.63) is 76.0 Å². The third kappa shape index (κ3) is 7.44. The summed E-state index contributed by atoms with van der Waals surface area (Å²) in [5.74, 6) is -0.309. The van der Waals surface area contributed by atoms with Crippen molar-refractivity contribution in [2.75, 3.05) is 10.2 Å². The Kier molecular flexibility index (Phi) is 9.33. The minimum absolute atomic E-state index is 0.108. The quantitative estimate of drug-likeness (QED) is 0.327. The van der Waals surface area contributed by atoms with Crippen LogP contribution in [0.25, 0.3) is 0 Å². The van der Waals surface area contributed by atoms with Crippen LogP contribution in [0.15, 0.2) is 53.1 Å². The van der Waals surface area contributed by atoms with E-state index in [2.05, 4.69) is 15.8 Å². The summed E-state index contributed by atoms with van der Waals surface area (Å²) in [6, 6.07) is 13.2. The van der Waals surface area contributed by atoms with E-state index in [1.54, 1.807) is 37.3 Å². The normalized spacial score (nSPS) is 12.1. The van der Waals surface area contributed by atoms with E-state index in [0.717, 1.165) is 11.1 Å². The first-order valence-corrected chi connectivity index (χ1v) is 13.0. The van der Waals surface area contributed by atoms with Gasteiger partial charge in [0.25, 0.3) is 0 Å². The highest BCUT2D eigenvalue weighted by Crippen LogP contribution is 2.34. The van der Waals surface area contributed by atoms with Gasteiger partial charge in [-0.1, -0.05) is 47.9 Å². The van der Waals surface area contributed by atoms with Crippen LogP contribution in [0.1, 0.15) is 68.5 Å². The van der Waals surface area contributed by atoms with E-state index in [0.29, 0.717) is 28.5 Å². The fraction of sp³-hybridized carbons (Fsp3) is 0.379. The van der Waals surface area contributed by atoms with Crippen molar-refractivity contribution in [3.8, 4) is 0 Å².